The van der Waals surface area contributed by atoms with Crippen molar-refractivity contribution >= 4 is 5.91 Å². The Morgan fingerprint density at radius 3 is 3.24 bits per heavy atom. The molecule has 5 rings (SSSR count). The van der Waals surface area contributed by atoms with Crippen molar-refractivity contribution < 1.29 is 14.3 Å². The summed E-state index contributed by atoms with van der Waals surface area (Å²) in [5, 5.41) is 3.17. The van der Waals surface area contributed by atoms with Crippen molar-refractivity contribution in [3.05, 3.63) is 48.0 Å². The SMILES string of the molecule is COc1cccc(CC(=O)NC[C@H]2[C@H]3CN(Cc4ncc[nH]4)C[C@]34CC[C@H]2O4)c1. The number of fused-ring (bicyclic) bond motifs is 1. The Balaban J connectivity index is 1.19. The molecule has 0 aliphatic carbocycles. The molecule has 1 amide bonds. The number of rotatable bonds is 7. The van der Waals surface area contributed by atoms with Gasteiger partial charge in [0.15, 0.2) is 0 Å². The highest BCUT2D eigenvalue weighted by atomic mass is 16.5. The molecule has 0 unspecified atom stereocenters. The normalized spacial score (nSPS) is 30.4. The monoisotopic (exact) mass is 396 g/mol. The van der Waals surface area contributed by atoms with Crippen molar-refractivity contribution in [2.45, 2.75) is 37.5 Å². The Labute approximate surface area is 170 Å². The Morgan fingerprint density at radius 1 is 1.48 bits per heavy atom. The maximum Gasteiger partial charge on any atom is 0.224 e. The number of carbonyl (C=O) groups excluding carboxylic acids is 1. The average Bonchev–Trinajstić information content (AvgIpc) is 3.48. The average molecular weight is 396 g/mol. The molecule has 3 fully saturated rings. The molecule has 29 heavy (non-hydrogen) atoms. The largest absolute Gasteiger partial charge is 0.497 e. The van der Waals surface area contributed by atoms with Gasteiger partial charge in [-0.05, 0) is 30.5 Å². The second kappa shape index (κ2) is 7.46. The minimum atomic E-state index is -0.0283. The highest BCUT2D eigenvalue weighted by Gasteiger charge is 2.62. The summed E-state index contributed by atoms with van der Waals surface area (Å²) in [6.07, 6.45) is 6.55. The molecule has 0 radical (unpaired) electrons. The molecular formula is C22H28N4O3. The number of imidazole rings is 1. The standard InChI is InChI=1S/C22H28N4O3/c1-28-16-4-2-3-15(9-16)10-21(27)25-11-17-18-12-26(13-20-23-7-8-24-20)14-22(18)6-5-19(17)29-22/h2-4,7-9,17-19H,5-6,10-14H2,1H3,(H,23,24)(H,25,27)/t17-,18+,19+,22+/m0/s1. The van der Waals surface area contributed by atoms with Crippen LogP contribution in [-0.4, -0.2) is 59.2 Å². The van der Waals surface area contributed by atoms with Crippen molar-refractivity contribution in [2.75, 3.05) is 26.7 Å². The minimum absolute atomic E-state index is 0.0283. The first kappa shape index (κ1) is 18.6. The van der Waals surface area contributed by atoms with Gasteiger partial charge in [-0.25, -0.2) is 4.98 Å². The molecular weight excluding hydrogens is 368 g/mol. The third-order valence-corrected chi connectivity index (χ3v) is 6.82. The summed E-state index contributed by atoms with van der Waals surface area (Å²) in [6.45, 7) is 3.49. The van der Waals surface area contributed by atoms with Gasteiger partial charge in [-0.3, -0.25) is 9.69 Å². The molecule has 4 atom stereocenters. The van der Waals surface area contributed by atoms with Gasteiger partial charge in [-0.15, -0.1) is 0 Å². The summed E-state index contributed by atoms with van der Waals surface area (Å²) >= 11 is 0. The molecule has 7 nitrogen and oxygen atoms in total. The molecule has 154 valence electrons. The van der Waals surface area contributed by atoms with Gasteiger partial charge in [0.25, 0.3) is 0 Å². The third-order valence-electron chi connectivity index (χ3n) is 6.82. The molecule has 3 aliphatic heterocycles. The predicted octanol–water partition coefficient (Wildman–Crippen LogP) is 1.76. The molecule has 1 aromatic heterocycles. The second-order valence-corrected chi connectivity index (χ2v) is 8.57. The summed E-state index contributed by atoms with van der Waals surface area (Å²) in [5.41, 5.74) is 0.937. The van der Waals surface area contributed by atoms with Crippen molar-refractivity contribution in [3.63, 3.8) is 0 Å². The summed E-state index contributed by atoms with van der Waals surface area (Å²) in [6, 6.07) is 7.68. The van der Waals surface area contributed by atoms with Crippen LogP contribution in [0.5, 0.6) is 5.75 Å². The molecule has 1 aromatic carbocycles. The minimum Gasteiger partial charge on any atom is -0.497 e. The van der Waals surface area contributed by atoms with E-state index in [4.69, 9.17) is 9.47 Å². The fourth-order valence-electron chi connectivity index (χ4n) is 5.54. The number of H-pyrrole nitrogens is 1. The van der Waals surface area contributed by atoms with Crippen LogP contribution >= 0.6 is 0 Å². The zero-order valence-electron chi connectivity index (χ0n) is 16.8. The summed E-state index contributed by atoms with van der Waals surface area (Å²) < 4.78 is 11.7. The Kier molecular flexibility index (Phi) is 4.80. The van der Waals surface area contributed by atoms with E-state index < -0.39 is 0 Å². The lowest BCUT2D eigenvalue weighted by atomic mass is 9.73. The number of ether oxygens (including phenoxy) is 2. The molecule has 3 aliphatic rings. The molecule has 3 saturated heterocycles. The fourth-order valence-corrected chi connectivity index (χ4v) is 5.54. The molecule has 2 aromatic rings. The number of likely N-dealkylation sites (tertiary alicyclic amines) is 1. The number of aromatic nitrogens is 2. The van der Waals surface area contributed by atoms with Gasteiger partial charge in [-0.2, -0.15) is 0 Å². The predicted molar refractivity (Wildman–Crippen MR) is 107 cm³/mol. The van der Waals surface area contributed by atoms with Crippen LogP contribution in [0.25, 0.3) is 0 Å². The van der Waals surface area contributed by atoms with Crippen LogP contribution in [0.2, 0.25) is 0 Å². The number of nitrogens with one attached hydrogen (secondary N) is 2. The smallest absolute Gasteiger partial charge is 0.224 e. The van der Waals surface area contributed by atoms with Crippen molar-refractivity contribution in [1.82, 2.24) is 20.2 Å². The quantitative estimate of drug-likeness (QED) is 0.746. The number of benzene rings is 1. The van der Waals surface area contributed by atoms with Gasteiger partial charge >= 0.3 is 0 Å². The number of amides is 1. The highest BCUT2D eigenvalue weighted by molar-refractivity contribution is 5.78. The number of nitrogens with zero attached hydrogens (tertiary/aromatic N) is 2. The first-order valence-electron chi connectivity index (χ1n) is 10.4. The van der Waals surface area contributed by atoms with Gasteiger partial charge in [-0.1, -0.05) is 12.1 Å². The van der Waals surface area contributed by atoms with Crippen LogP contribution in [-0.2, 0) is 22.5 Å². The molecule has 7 heteroatoms. The van der Waals surface area contributed by atoms with Crippen LogP contribution in [0.3, 0.4) is 0 Å². The lowest BCUT2D eigenvalue weighted by Crippen LogP contribution is -2.42. The zero-order valence-corrected chi connectivity index (χ0v) is 16.8. The van der Waals surface area contributed by atoms with Gasteiger partial charge in [0, 0.05) is 43.9 Å². The van der Waals surface area contributed by atoms with Crippen molar-refractivity contribution in [2.24, 2.45) is 11.8 Å². The van der Waals surface area contributed by atoms with E-state index in [1.165, 1.54) is 0 Å². The van der Waals surface area contributed by atoms with Gasteiger partial charge in [0.2, 0.25) is 5.91 Å². The lowest BCUT2D eigenvalue weighted by molar-refractivity contribution is -0.120. The van der Waals surface area contributed by atoms with Gasteiger partial charge in [0.1, 0.15) is 11.6 Å². The highest BCUT2D eigenvalue weighted by Crippen LogP contribution is 2.54. The van der Waals surface area contributed by atoms with E-state index in [9.17, 15) is 4.79 Å². The van der Waals surface area contributed by atoms with Crippen LogP contribution in [0.15, 0.2) is 36.7 Å². The molecule has 2 N–H and O–H groups in total. The molecule has 0 saturated carbocycles. The van der Waals surface area contributed by atoms with Crippen LogP contribution < -0.4 is 10.1 Å². The molecule has 4 heterocycles. The van der Waals surface area contributed by atoms with Crippen molar-refractivity contribution in [1.29, 1.82) is 0 Å². The number of hydrogen-bond donors (Lipinski definition) is 2. The van der Waals surface area contributed by atoms with E-state index in [1.807, 2.05) is 30.5 Å². The maximum atomic E-state index is 12.5. The van der Waals surface area contributed by atoms with E-state index in [-0.39, 0.29) is 17.6 Å². The number of hydrogen-bond acceptors (Lipinski definition) is 5. The second-order valence-electron chi connectivity index (χ2n) is 8.57. The summed E-state index contributed by atoms with van der Waals surface area (Å²) in [5.74, 6) is 2.70. The van der Waals surface area contributed by atoms with E-state index in [1.54, 1.807) is 13.3 Å². The Hall–Kier alpha value is -2.38. The molecule has 2 bridgehead atoms. The van der Waals surface area contributed by atoms with Gasteiger partial charge < -0.3 is 19.8 Å². The topological polar surface area (TPSA) is 79.5 Å². The van der Waals surface area contributed by atoms with Crippen LogP contribution in [0, 0.1) is 11.8 Å². The first-order chi connectivity index (χ1) is 14.1. The Bertz CT molecular complexity index is 871. The number of carbonyl (C=O) groups is 1. The van der Waals surface area contributed by atoms with E-state index in [2.05, 4.69) is 20.2 Å². The van der Waals surface area contributed by atoms with Gasteiger partial charge in [0.05, 0.1) is 31.8 Å². The van der Waals surface area contributed by atoms with Crippen LogP contribution in [0.4, 0.5) is 0 Å². The van der Waals surface area contributed by atoms with Crippen LogP contribution in [0.1, 0.15) is 24.2 Å². The zero-order chi connectivity index (χ0) is 19.8. The maximum absolute atomic E-state index is 12.5. The first-order valence-corrected chi connectivity index (χ1v) is 10.4. The third kappa shape index (κ3) is 3.53. The van der Waals surface area contributed by atoms with E-state index in [0.29, 0.717) is 24.8 Å². The molecule has 1 spiro atoms. The van der Waals surface area contributed by atoms with E-state index in [0.717, 1.165) is 49.6 Å². The van der Waals surface area contributed by atoms with E-state index >= 15 is 0 Å². The Morgan fingerprint density at radius 2 is 2.41 bits per heavy atom. The van der Waals surface area contributed by atoms with Crippen molar-refractivity contribution in [3.8, 4) is 5.75 Å². The fraction of sp³-hybridized carbons (Fsp3) is 0.545. The lowest BCUT2D eigenvalue weighted by Gasteiger charge is -2.29. The summed E-state index contributed by atoms with van der Waals surface area (Å²) in [4.78, 5) is 22.5. The number of methoxy groups -OCH3 is 1. The summed E-state index contributed by atoms with van der Waals surface area (Å²) in [7, 11) is 1.64. The number of aromatic amines is 1.